The van der Waals surface area contributed by atoms with E-state index in [1.807, 2.05) is 4.90 Å². The third kappa shape index (κ3) is 3.50. The Kier molecular flexibility index (Phi) is 4.11. The first-order chi connectivity index (χ1) is 8.15. The molecule has 0 spiro atoms. The number of halogens is 2. The molecule has 1 aromatic heterocycles. The minimum Gasteiger partial charge on any atom is -0.493 e. The maximum Gasteiger partial charge on any atom is 0.250 e. The van der Waals surface area contributed by atoms with Crippen molar-refractivity contribution in [3.05, 3.63) is 5.38 Å². The van der Waals surface area contributed by atoms with Gasteiger partial charge in [-0.1, -0.05) is 0 Å². The number of aromatic nitrogens is 1. The molecule has 0 amide bonds. The van der Waals surface area contributed by atoms with Crippen LogP contribution in [0.5, 0.6) is 5.88 Å². The third-order valence-corrected chi connectivity index (χ3v) is 3.62. The average molecular weight is 263 g/mol. The standard InChI is InChI=1S/C10H15F2N3OS/c11-8(12)4-13-7-2-1-3-15(5-7)10-14-9(16)6-17-10/h6-8,13,16H,1-5H2/t7-/m0/s1. The molecule has 2 rings (SSSR count). The zero-order valence-electron chi connectivity index (χ0n) is 9.27. The lowest BCUT2D eigenvalue weighted by Crippen LogP contribution is -2.47. The number of aromatic hydroxyl groups is 1. The molecule has 1 aliphatic heterocycles. The minimum atomic E-state index is -2.31. The van der Waals surface area contributed by atoms with Gasteiger partial charge in [-0.25, -0.2) is 8.78 Å². The van der Waals surface area contributed by atoms with E-state index in [-0.39, 0.29) is 18.5 Å². The summed E-state index contributed by atoms with van der Waals surface area (Å²) in [4.78, 5) is 6.01. The van der Waals surface area contributed by atoms with Crippen LogP contribution >= 0.6 is 11.3 Å². The molecule has 0 aliphatic carbocycles. The minimum absolute atomic E-state index is 0.0210. The van der Waals surface area contributed by atoms with Crippen molar-refractivity contribution in [1.29, 1.82) is 0 Å². The molecule has 0 bridgehead atoms. The van der Waals surface area contributed by atoms with E-state index < -0.39 is 6.43 Å². The van der Waals surface area contributed by atoms with Gasteiger partial charge in [-0.05, 0) is 12.8 Å². The van der Waals surface area contributed by atoms with Crippen LogP contribution in [0.2, 0.25) is 0 Å². The van der Waals surface area contributed by atoms with Crippen molar-refractivity contribution < 1.29 is 13.9 Å². The number of thiazole rings is 1. The normalized spacial score (nSPS) is 21.1. The first-order valence-electron chi connectivity index (χ1n) is 5.56. The number of hydrogen-bond donors (Lipinski definition) is 2. The van der Waals surface area contributed by atoms with Gasteiger partial charge in [-0.15, -0.1) is 11.3 Å². The van der Waals surface area contributed by atoms with Crippen molar-refractivity contribution in [2.45, 2.75) is 25.3 Å². The quantitative estimate of drug-likeness (QED) is 0.867. The number of nitrogens with one attached hydrogen (secondary N) is 1. The number of alkyl halides is 2. The van der Waals surface area contributed by atoms with Gasteiger partial charge in [-0.2, -0.15) is 4.98 Å². The summed E-state index contributed by atoms with van der Waals surface area (Å²) in [7, 11) is 0. The molecule has 7 heteroatoms. The Labute approximate surface area is 102 Å². The Morgan fingerprint density at radius 1 is 1.65 bits per heavy atom. The molecule has 0 radical (unpaired) electrons. The number of piperidine rings is 1. The summed E-state index contributed by atoms with van der Waals surface area (Å²) in [6, 6.07) is 0.0730. The van der Waals surface area contributed by atoms with Crippen molar-refractivity contribution in [3.8, 4) is 5.88 Å². The van der Waals surface area contributed by atoms with Crippen molar-refractivity contribution in [1.82, 2.24) is 10.3 Å². The lowest BCUT2D eigenvalue weighted by molar-refractivity contribution is 0.140. The van der Waals surface area contributed by atoms with E-state index in [1.165, 1.54) is 11.3 Å². The molecule has 2 N–H and O–H groups in total. The molecular formula is C10H15F2N3OS. The highest BCUT2D eigenvalue weighted by atomic mass is 32.1. The zero-order chi connectivity index (χ0) is 12.3. The second-order valence-corrected chi connectivity index (χ2v) is 4.91. The highest BCUT2D eigenvalue weighted by Gasteiger charge is 2.22. The van der Waals surface area contributed by atoms with Gasteiger partial charge in [0.15, 0.2) is 5.13 Å². The van der Waals surface area contributed by atoms with Crippen LogP contribution < -0.4 is 10.2 Å². The summed E-state index contributed by atoms with van der Waals surface area (Å²) >= 11 is 1.37. The van der Waals surface area contributed by atoms with Crippen molar-refractivity contribution in [2.75, 3.05) is 24.5 Å². The fraction of sp³-hybridized carbons (Fsp3) is 0.700. The second-order valence-electron chi connectivity index (χ2n) is 4.07. The van der Waals surface area contributed by atoms with E-state index >= 15 is 0 Å². The third-order valence-electron chi connectivity index (χ3n) is 2.73. The number of hydrogen-bond acceptors (Lipinski definition) is 5. The predicted molar refractivity (Wildman–Crippen MR) is 63.0 cm³/mol. The van der Waals surface area contributed by atoms with E-state index in [9.17, 15) is 13.9 Å². The molecule has 2 heterocycles. The topological polar surface area (TPSA) is 48.4 Å². The maximum atomic E-state index is 12.1. The summed E-state index contributed by atoms with van der Waals surface area (Å²) in [6.45, 7) is 1.26. The maximum absolute atomic E-state index is 12.1. The Hall–Kier alpha value is -0.950. The van der Waals surface area contributed by atoms with Crippen LogP contribution in [0.15, 0.2) is 5.38 Å². The van der Waals surface area contributed by atoms with Gasteiger partial charge in [0.25, 0.3) is 6.43 Å². The highest BCUT2D eigenvalue weighted by molar-refractivity contribution is 7.13. The fourth-order valence-electron chi connectivity index (χ4n) is 1.97. The van der Waals surface area contributed by atoms with Crippen LogP contribution in [0.1, 0.15) is 12.8 Å². The first-order valence-corrected chi connectivity index (χ1v) is 6.44. The van der Waals surface area contributed by atoms with Crippen LogP contribution in [0.3, 0.4) is 0 Å². The van der Waals surface area contributed by atoms with Gasteiger partial charge in [0.1, 0.15) is 0 Å². The van der Waals surface area contributed by atoms with Gasteiger partial charge in [0.05, 0.1) is 11.9 Å². The van der Waals surface area contributed by atoms with E-state index in [1.54, 1.807) is 5.38 Å². The average Bonchev–Trinajstić information content (AvgIpc) is 2.74. The van der Waals surface area contributed by atoms with Gasteiger partial charge in [-0.3, -0.25) is 0 Å². The summed E-state index contributed by atoms with van der Waals surface area (Å²) in [5.74, 6) is 0.0210. The van der Waals surface area contributed by atoms with Crippen LogP contribution in [-0.2, 0) is 0 Å². The molecule has 0 aromatic carbocycles. The van der Waals surface area contributed by atoms with E-state index in [0.717, 1.165) is 24.5 Å². The molecule has 0 unspecified atom stereocenters. The van der Waals surface area contributed by atoms with Crippen LogP contribution in [0.4, 0.5) is 13.9 Å². The molecule has 1 saturated heterocycles. The Morgan fingerprint density at radius 2 is 2.47 bits per heavy atom. The monoisotopic (exact) mass is 263 g/mol. The fourth-order valence-corrected chi connectivity index (χ4v) is 2.70. The summed E-state index contributed by atoms with van der Waals surface area (Å²) < 4.78 is 24.2. The molecular weight excluding hydrogens is 248 g/mol. The SMILES string of the molecule is Oc1csc(N2CCC[C@H](NCC(F)F)C2)n1. The Bertz CT molecular complexity index is 361. The molecule has 96 valence electrons. The molecule has 1 aromatic rings. The zero-order valence-corrected chi connectivity index (χ0v) is 10.1. The molecule has 4 nitrogen and oxygen atoms in total. The summed E-state index contributed by atoms with van der Waals surface area (Å²) in [5, 5.41) is 14.4. The van der Waals surface area contributed by atoms with Gasteiger partial charge < -0.3 is 15.3 Å². The smallest absolute Gasteiger partial charge is 0.250 e. The Balaban J connectivity index is 1.88. The number of anilines is 1. The molecule has 0 saturated carbocycles. The lowest BCUT2D eigenvalue weighted by atomic mass is 10.1. The molecule has 1 aliphatic rings. The van der Waals surface area contributed by atoms with Gasteiger partial charge in [0.2, 0.25) is 5.88 Å². The van der Waals surface area contributed by atoms with Crippen molar-refractivity contribution in [3.63, 3.8) is 0 Å². The molecule has 1 fully saturated rings. The highest BCUT2D eigenvalue weighted by Crippen LogP contribution is 2.26. The van der Waals surface area contributed by atoms with E-state index in [0.29, 0.717) is 6.54 Å². The van der Waals surface area contributed by atoms with Gasteiger partial charge >= 0.3 is 0 Å². The van der Waals surface area contributed by atoms with E-state index in [4.69, 9.17) is 0 Å². The van der Waals surface area contributed by atoms with Gasteiger partial charge in [0, 0.05) is 19.1 Å². The van der Waals surface area contributed by atoms with Crippen LogP contribution in [0.25, 0.3) is 0 Å². The lowest BCUT2D eigenvalue weighted by Gasteiger charge is -2.32. The van der Waals surface area contributed by atoms with Crippen LogP contribution in [-0.4, -0.2) is 42.2 Å². The van der Waals surface area contributed by atoms with Crippen molar-refractivity contribution >= 4 is 16.5 Å². The number of rotatable bonds is 4. The largest absolute Gasteiger partial charge is 0.493 e. The molecule has 17 heavy (non-hydrogen) atoms. The predicted octanol–water partition coefficient (Wildman–Crippen LogP) is 1.67. The number of nitrogens with zero attached hydrogens (tertiary/aromatic N) is 2. The summed E-state index contributed by atoms with van der Waals surface area (Å²) in [6.07, 6.45) is -0.462. The first kappa shape index (κ1) is 12.5. The summed E-state index contributed by atoms with van der Waals surface area (Å²) in [5.41, 5.74) is 0. The van der Waals surface area contributed by atoms with Crippen molar-refractivity contribution in [2.24, 2.45) is 0 Å². The Morgan fingerprint density at radius 3 is 3.12 bits per heavy atom. The molecule has 1 atom stereocenters. The second kappa shape index (κ2) is 5.59. The van der Waals surface area contributed by atoms with Crippen LogP contribution in [0, 0.1) is 0 Å². The van der Waals surface area contributed by atoms with E-state index in [2.05, 4.69) is 10.3 Å².